The maximum atomic E-state index is 12.0. The van der Waals surface area contributed by atoms with Gasteiger partial charge in [-0.1, -0.05) is 0 Å². The fourth-order valence-corrected chi connectivity index (χ4v) is 1.51. The number of rotatable bonds is 2. The highest BCUT2D eigenvalue weighted by Gasteiger charge is 2.19. The average molecular weight is 204 g/mol. The lowest BCUT2D eigenvalue weighted by molar-refractivity contribution is 0.103. The zero-order chi connectivity index (χ0) is 10.8. The Balaban J connectivity index is 2.36. The molecule has 0 saturated carbocycles. The molecule has 2 rings (SSSR count). The van der Waals surface area contributed by atoms with Gasteiger partial charge in [0.15, 0.2) is 5.78 Å². The van der Waals surface area contributed by atoms with Crippen molar-refractivity contribution in [2.45, 2.75) is 20.3 Å². The molecule has 0 unspecified atom stereocenters. The second-order valence-electron chi connectivity index (χ2n) is 3.58. The number of carbonyl (C=O) groups excluding carboxylic acids is 1. The van der Waals surface area contributed by atoms with Gasteiger partial charge in [-0.05, 0) is 19.9 Å². The summed E-state index contributed by atoms with van der Waals surface area (Å²) >= 11 is 0. The molecule has 0 atom stereocenters. The molecular formula is C11H12N2O2. The number of hydrogen-bond acceptors (Lipinski definition) is 4. The van der Waals surface area contributed by atoms with Crippen molar-refractivity contribution in [1.82, 2.24) is 10.2 Å². The largest absolute Gasteiger partial charge is 0.500 e. The number of aryl methyl sites for hydroxylation is 2. The maximum Gasteiger partial charge on any atom is 0.194 e. The Kier molecular flexibility index (Phi) is 2.49. The molecule has 1 aromatic rings. The zero-order valence-corrected chi connectivity index (χ0v) is 8.78. The summed E-state index contributed by atoms with van der Waals surface area (Å²) in [6, 6.07) is 1.77. The minimum Gasteiger partial charge on any atom is -0.500 e. The van der Waals surface area contributed by atoms with Crippen LogP contribution in [-0.2, 0) is 4.74 Å². The fourth-order valence-electron chi connectivity index (χ4n) is 1.51. The van der Waals surface area contributed by atoms with Crippen LogP contribution in [0.25, 0.3) is 0 Å². The Morgan fingerprint density at radius 1 is 1.40 bits per heavy atom. The normalized spacial score (nSPS) is 14.7. The summed E-state index contributed by atoms with van der Waals surface area (Å²) in [6.07, 6.45) is 2.22. The molecule has 0 aromatic carbocycles. The molecule has 0 amide bonds. The van der Waals surface area contributed by atoms with E-state index in [1.54, 1.807) is 13.0 Å². The molecule has 0 N–H and O–H groups in total. The topological polar surface area (TPSA) is 52.1 Å². The van der Waals surface area contributed by atoms with Crippen molar-refractivity contribution in [2.75, 3.05) is 6.61 Å². The predicted octanol–water partition coefficient (Wildman–Crippen LogP) is 1.58. The first kappa shape index (κ1) is 9.83. The Bertz CT molecular complexity index is 438. The molecule has 0 radical (unpaired) electrons. The lowest BCUT2D eigenvalue weighted by Crippen LogP contribution is -2.07. The van der Waals surface area contributed by atoms with Gasteiger partial charge >= 0.3 is 0 Å². The summed E-state index contributed by atoms with van der Waals surface area (Å²) in [5.74, 6) is 0.00278. The third kappa shape index (κ3) is 1.88. The van der Waals surface area contributed by atoms with Crippen LogP contribution in [0.15, 0.2) is 17.9 Å². The van der Waals surface area contributed by atoms with Crippen molar-refractivity contribution >= 4 is 5.78 Å². The third-order valence-electron chi connectivity index (χ3n) is 2.35. The number of aromatic nitrogens is 2. The third-order valence-corrected chi connectivity index (χ3v) is 2.35. The molecule has 4 nitrogen and oxygen atoms in total. The van der Waals surface area contributed by atoms with E-state index < -0.39 is 0 Å². The molecule has 4 heteroatoms. The molecule has 1 aliphatic heterocycles. The summed E-state index contributed by atoms with van der Waals surface area (Å²) in [7, 11) is 0. The summed E-state index contributed by atoms with van der Waals surface area (Å²) in [5, 5.41) is 7.83. The van der Waals surface area contributed by atoms with Crippen LogP contribution in [-0.4, -0.2) is 22.6 Å². The van der Waals surface area contributed by atoms with Gasteiger partial charge < -0.3 is 4.74 Å². The van der Waals surface area contributed by atoms with Gasteiger partial charge in [0.2, 0.25) is 0 Å². The molecule has 15 heavy (non-hydrogen) atoms. The van der Waals surface area contributed by atoms with E-state index in [-0.39, 0.29) is 5.78 Å². The number of hydrogen-bond donors (Lipinski definition) is 0. The Morgan fingerprint density at radius 3 is 2.87 bits per heavy atom. The number of carbonyl (C=O) groups is 1. The molecule has 0 fully saturated rings. The summed E-state index contributed by atoms with van der Waals surface area (Å²) in [5.41, 5.74) is 2.76. The average Bonchev–Trinajstić information content (AvgIpc) is 2.74. The monoisotopic (exact) mass is 204 g/mol. The standard InChI is InChI=1S/C11H12N2O2/c1-7-5-10(8(2)13-12-7)11(14)9-3-4-15-6-9/h5-6H,3-4H2,1-2H3. The van der Waals surface area contributed by atoms with Gasteiger partial charge in [-0.3, -0.25) is 4.79 Å². The fraction of sp³-hybridized carbons (Fsp3) is 0.364. The quantitative estimate of drug-likeness (QED) is 0.686. The van der Waals surface area contributed by atoms with Crippen molar-refractivity contribution in [3.8, 4) is 0 Å². The molecule has 0 bridgehead atoms. The van der Waals surface area contributed by atoms with Crippen LogP contribution in [0.3, 0.4) is 0 Å². The van der Waals surface area contributed by atoms with Gasteiger partial charge in [-0.25, -0.2) is 0 Å². The molecule has 0 saturated heterocycles. The van der Waals surface area contributed by atoms with Crippen LogP contribution in [0.2, 0.25) is 0 Å². The van der Waals surface area contributed by atoms with Crippen molar-refractivity contribution in [3.63, 3.8) is 0 Å². The second-order valence-corrected chi connectivity index (χ2v) is 3.58. The van der Waals surface area contributed by atoms with E-state index in [2.05, 4.69) is 10.2 Å². The Labute approximate surface area is 88.0 Å². The molecule has 1 aromatic heterocycles. The zero-order valence-electron chi connectivity index (χ0n) is 8.78. The van der Waals surface area contributed by atoms with Crippen LogP contribution >= 0.6 is 0 Å². The molecule has 1 aliphatic rings. The molecule has 0 aliphatic carbocycles. The minimum absolute atomic E-state index is 0.00278. The smallest absolute Gasteiger partial charge is 0.194 e. The number of Topliss-reactive ketones (excluding diaryl/α,β-unsaturated/α-hetero) is 1. The number of ketones is 1. The first-order chi connectivity index (χ1) is 7.18. The van der Waals surface area contributed by atoms with E-state index in [9.17, 15) is 4.79 Å². The summed E-state index contributed by atoms with van der Waals surface area (Å²) in [6.45, 7) is 4.20. The van der Waals surface area contributed by atoms with E-state index >= 15 is 0 Å². The van der Waals surface area contributed by atoms with Gasteiger partial charge in [0.05, 0.1) is 24.3 Å². The van der Waals surface area contributed by atoms with Crippen LogP contribution < -0.4 is 0 Å². The van der Waals surface area contributed by atoms with E-state index in [0.717, 1.165) is 5.69 Å². The van der Waals surface area contributed by atoms with Gasteiger partial charge in [0.1, 0.15) is 0 Å². The Hall–Kier alpha value is -1.71. The lowest BCUT2D eigenvalue weighted by Gasteiger charge is -2.03. The summed E-state index contributed by atoms with van der Waals surface area (Å²) < 4.78 is 5.05. The highest BCUT2D eigenvalue weighted by atomic mass is 16.5. The Morgan fingerprint density at radius 2 is 2.20 bits per heavy atom. The van der Waals surface area contributed by atoms with Crippen molar-refractivity contribution in [1.29, 1.82) is 0 Å². The van der Waals surface area contributed by atoms with E-state index in [4.69, 9.17) is 4.74 Å². The van der Waals surface area contributed by atoms with Crippen molar-refractivity contribution in [2.24, 2.45) is 0 Å². The first-order valence-corrected chi connectivity index (χ1v) is 4.85. The first-order valence-electron chi connectivity index (χ1n) is 4.85. The molecule has 0 spiro atoms. The van der Waals surface area contributed by atoms with Crippen molar-refractivity contribution < 1.29 is 9.53 Å². The van der Waals surface area contributed by atoms with Gasteiger partial charge in [-0.15, -0.1) is 0 Å². The lowest BCUT2D eigenvalue weighted by atomic mass is 10.0. The number of nitrogens with zero attached hydrogens (tertiary/aromatic N) is 2. The van der Waals surface area contributed by atoms with Crippen LogP contribution in [0.5, 0.6) is 0 Å². The predicted molar refractivity (Wildman–Crippen MR) is 54.5 cm³/mol. The van der Waals surface area contributed by atoms with E-state index in [1.165, 1.54) is 6.26 Å². The molecule has 78 valence electrons. The van der Waals surface area contributed by atoms with Gasteiger partial charge in [0, 0.05) is 17.6 Å². The van der Waals surface area contributed by atoms with Crippen LogP contribution in [0.4, 0.5) is 0 Å². The highest BCUT2D eigenvalue weighted by molar-refractivity contribution is 6.09. The van der Waals surface area contributed by atoms with E-state index in [0.29, 0.717) is 29.9 Å². The van der Waals surface area contributed by atoms with Gasteiger partial charge in [0.25, 0.3) is 0 Å². The van der Waals surface area contributed by atoms with Crippen LogP contribution in [0, 0.1) is 13.8 Å². The van der Waals surface area contributed by atoms with E-state index in [1.807, 2.05) is 6.92 Å². The van der Waals surface area contributed by atoms with Crippen LogP contribution in [0.1, 0.15) is 28.2 Å². The number of ether oxygens (including phenoxy) is 1. The maximum absolute atomic E-state index is 12.0. The molecule has 2 heterocycles. The minimum atomic E-state index is 0.00278. The second kappa shape index (κ2) is 3.81. The summed E-state index contributed by atoms with van der Waals surface area (Å²) in [4.78, 5) is 12.0. The SMILES string of the molecule is Cc1cc(C(=O)C2=COCC2)c(C)nn1. The molecular weight excluding hydrogens is 192 g/mol. The van der Waals surface area contributed by atoms with Crippen molar-refractivity contribution in [3.05, 3.63) is 34.9 Å². The highest BCUT2D eigenvalue weighted by Crippen LogP contribution is 2.18. The van der Waals surface area contributed by atoms with Gasteiger partial charge in [-0.2, -0.15) is 10.2 Å².